The highest BCUT2D eigenvalue weighted by Crippen LogP contribution is 2.21. The first-order valence-electron chi connectivity index (χ1n) is 4.48. The van der Waals surface area contributed by atoms with E-state index in [1.807, 2.05) is 24.3 Å². The number of benzene rings is 1. The fourth-order valence-corrected chi connectivity index (χ4v) is 1.33. The summed E-state index contributed by atoms with van der Waals surface area (Å²) < 4.78 is 5.10. The van der Waals surface area contributed by atoms with Crippen LogP contribution in [0.3, 0.4) is 0 Å². The second-order valence-corrected chi connectivity index (χ2v) is 3.06. The highest BCUT2D eigenvalue weighted by Gasteiger charge is 2.03. The summed E-state index contributed by atoms with van der Waals surface area (Å²) in [6.45, 7) is 0. The Balaban J connectivity index is 2.39. The molecule has 1 aromatic carbocycles. The fraction of sp³-hybridized carbons (Fsp3) is 0.0909. The Morgan fingerprint density at radius 1 is 1.40 bits per heavy atom. The highest BCUT2D eigenvalue weighted by atomic mass is 16.5. The predicted molar refractivity (Wildman–Crippen MR) is 56.0 cm³/mol. The molecule has 2 rings (SSSR count). The lowest BCUT2D eigenvalue weighted by Gasteiger charge is -2.00. The van der Waals surface area contributed by atoms with Gasteiger partial charge in [-0.15, -0.1) is 0 Å². The van der Waals surface area contributed by atoms with Crippen molar-refractivity contribution in [3.63, 3.8) is 0 Å². The van der Waals surface area contributed by atoms with Crippen molar-refractivity contribution in [2.45, 2.75) is 0 Å². The quantitative estimate of drug-likeness (QED) is 0.773. The summed E-state index contributed by atoms with van der Waals surface area (Å²) in [5, 5.41) is 6.65. The van der Waals surface area contributed by atoms with E-state index < -0.39 is 0 Å². The number of rotatable bonds is 3. The number of hydrogen-bond acceptors (Lipinski definition) is 3. The van der Waals surface area contributed by atoms with Crippen molar-refractivity contribution in [2.75, 3.05) is 7.11 Å². The van der Waals surface area contributed by atoms with E-state index in [0.717, 1.165) is 23.3 Å². The Morgan fingerprint density at radius 3 is 2.93 bits per heavy atom. The van der Waals surface area contributed by atoms with E-state index in [0.29, 0.717) is 5.69 Å². The minimum Gasteiger partial charge on any atom is -0.497 e. The Labute approximate surface area is 86.9 Å². The zero-order chi connectivity index (χ0) is 10.7. The number of H-pyrrole nitrogens is 1. The highest BCUT2D eigenvalue weighted by molar-refractivity contribution is 5.75. The molecule has 0 bridgehead atoms. The first-order valence-corrected chi connectivity index (χ1v) is 4.48. The summed E-state index contributed by atoms with van der Waals surface area (Å²) in [7, 11) is 1.61. The molecule has 1 heterocycles. The number of aromatic amines is 1. The van der Waals surface area contributed by atoms with Crippen LogP contribution in [0, 0.1) is 0 Å². The summed E-state index contributed by atoms with van der Waals surface area (Å²) in [6, 6.07) is 9.21. The Morgan fingerprint density at radius 2 is 2.27 bits per heavy atom. The van der Waals surface area contributed by atoms with Gasteiger partial charge in [-0.05, 0) is 18.2 Å². The predicted octanol–water partition coefficient (Wildman–Crippen LogP) is 1.90. The van der Waals surface area contributed by atoms with Gasteiger partial charge in [-0.2, -0.15) is 5.10 Å². The third kappa shape index (κ3) is 1.88. The summed E-state index contributed by atoms with van der Waals surface area (Å²) >= 11 is 0. The lowest BCUT2D eigenvalue weighted by Crippen LogP contribution is -1.83. The molecule has 0 fully saturated rings. The molecule has 0 saturated heterocycles. The second-order valence-electron chi connectivity index (χ2n) is 3.06. The van der Waals surface area contributed by atoms with Crippen LogP contribution in [0.1, 0.15) is 10.5 Å². The van der Waals surface area contributed by atoms with Crippen molar-refractivity contribution < 1.29 is 9.53 Å². The van der Waals surface area contributed by atoms with E-state index in [4.69, 9.17) is 4.74 Å². The van der Waals surface area contributed by atoms with Crippen molar-refractivity contribution in [3.05, 3.63) is 36.0 Å². The van der Waals surface area contributed by atoms with Gasteiger partial charge in [-0.25, -0.2) is 0 Å². The number of aromatic nitrogens is 2. The standard InChI is InChI=1S/C11H10N2O2/c1-15-10-4-2-3-8(5-10)11-6-9(7-14)12-13-11/h2-7H,1H3,(H,12,13). The van der Waals surface area contributed by atoms with Gasteiger partial charge in [-0.3, -0.25) is 9.89 Å². The number of hydrogen-bond donors (Lipinski definition) is 1. The van der Waals surface area contributed by atoms with E-state index in [9.17, 15) is 4.79 Å². The number of nitrogens with one attached hydrogen (secondary N) is 1. The minimum absolute atomic E-state index is 0.466. The molecule has 1 N–H and O–H groups in total. The maximum Gasteiger partial charge on any atom is 0.167 e. The average Bonchev–Trinajstić information content (AvgIpc) is 2.78. The largest absolute Gasteiger partial charge is 0.497 e. The van der Waals surface area contributed by atoms with Crippen LogP contribution in [0.4, 0.5) is 0 Å². The van der Waals surface area contributed by atoms with Gasteiger partial charge in [0, 0.05) is 5.56 Å². The van der Waals surface area contributed by atoms with Gasteiger partial charge in [0.25, 0.3) is 0 Å². The maximum absolute atomic E-state index is 10.5. The molecule has 2 aromatic rings. The van der Waals surface area contributed by atoms with E-state index in [1.54, 1.807) is 13.2 Å². The molecule has 0 atom stereocenters. The smallest absolute Gasteiger partial charge is 0.167 e. The Hall–Kier alpha value is -2.10. The third-order valence-electron chi connectivity index (χ3n) is 2.09. The summed E-state index contributed by atoms with van der Waals surface area (Å²) in [5.74, 6) is 0.767. The average molecular weight is 202 g/mol. The number of nitrogens with zero attached hydrogens (tertiary/aromatic N) is 1. The van der Waals surface area contributed by atoms with Crippen molar-refractivity contribution in [3.8, 4) is 17.0 Å². The first-order chi connectivity index (χ1) is 7.33. The van der Waals surface area contributed by atoms with Gasteiger partial charge in [0.2, 0.25) is 0 Å². The van der Waals surface area contributed by atoms with E-state index in [1.165, 1.54) is 0 Å². The fourth-order valence-electron chi connectivity index (χ4n) is 1.33. The topological polar surface area (TPSA) is 55.0 Å². The van der Waals surface area contributed by atoms with Crippen molar-refractivity contribution in [1.82, 2.24) is 10.2 Å². The van der Waals surface area contributed by atoms with Crippen LogP contribution in [0.15, 0.2) is 30.3 Å². The van der Waals surface area contributed by atoms with Crippen LogP contribution in [-0.4, -0.2) is 23.6 Å². The Kier molecular flexibility index (Phi) is 2.49. The van der Waals surface area contributed by atoms with Crippen LogP contribution in [0.2, 0.25) is 0 Å². The molecular formula is C11H10N2O2. The second kappa shape index (κ2) is 3.96. The van der Waals surface area contributed by atoms with Crippen molar-refractivity contribution in [2.24, 2.45) is 0 Å². The molecule has 15 heavy (non-hydrogen) atoms. The zero-order valence-electron chi connectivity index (χ0n) is 8.23. The van der Waals surface area contributed by atoms with Gasteiger partial charge in [0.15, 0.2) is 6.29 Å². The number of carbonyl (C=O) groups is 1. The van der Waals surface area contributed by atoms with Crippen molar-refractivity contribution in [1.29, 1.82) is 0 Å². The van der Waals surface area contributed by atoms with Gasteiger partial charge in [-0.1, -0.05) is 12.1 Å². The number of aldehydes is 1. The molecule has 1 aromatic heterocycles. The van der Waals surface area contributed by atoms with E-state index in [2.05, 4.69) is 10.2 Å². The lowest BCUT2D eigenvalue weighted by atomic mass is 10.1. The lowest BCUT2D eigenvalue weighted by molar-refractivity contribution is 0.111. The van der Waals surface area contributed by atoms with Gasteiger partial charge < -0.3 is 4.74 Å². The molecule has 4 heteroatoms. The first kappa shape index (κ1) is 9.45. The molecule has 0 saturated carbocycles. The van der Waals surface area contributed by atoms with Gasteiger partial charge in [0.05, 0.1) is 18.5 Å². The van der Waals surface area contributed by atoms with Crippen LogP contribution in [0.25, 0.3) is 11.3 Å². The molecule has 0 amide bonds. The maximum atomic E-state index is 10.5. The zero-order valence-corrected chi connectivity index (χ0v) is 8.23. The molecule has 0 aliphatic rings. The molecule has 76 valence electrons. The Bertz CT molecular complexity index is 477. The molecule has 0 radical (unpaired) electrons. The van der Waals surface area contributed by atoms with Crippen LogP contribution in [-0.2, 0) is 0 Å². The third-order valence-corrected chi connectivity index (χ3v) is 2.09. The molecule has 0 unspecified atom stereocenters. The van der Waals surface area contributed by atoms with E-state index >= 15 is 0 Å². The minimum atomic E-state index is 0.466. The van der Waals surface area contributed by atoms with Crippen molar-refractivity contribution >= 4 is 6.29 Å². The molecule has 0 spiro atoms. The summed E-state index contributed by atoms with van der Waals surface area (Å²) in [6.07, 6.45) is 0.733. The number of methoxy groups -OCH3 is 1. The molecular weight excluding hydrogens is 192 g/mol. The number of carbonyl (C=O) groups excluding carboxylic acids is 1. The summed E-state index contributed by atoms with van der Waals surface area (Å²) in [4.78, 5) is 10.5. The molecule has 4 nitrogen and oxygen atoms in total. The number of ether oxygens (including phenoxy) is 1. The normalized spacial score (nSPS) is 9.93. The van der Waals surface area contributed by atoms with E-state index in [-0.39, 0.29) is 0 Å². The van der Waals surface area contributed by atoms with Crippen LogP contribution >= 0.6 is 0 Å². The molecule has 0 aliphatic carbocycles. The van der Waals surface area contributed by atoms with Gasteiger partial charge >= 0.3 is 0 Å². The van der Waals surface area contributed by atoms with Gasteiger partial charge in [0.1, 0.15) is 5.75 Å². The van der Waals surface area contributed by atoms with Crippen LogP contribution in [0.5, 0.6) is 5.75 Å². The molecule has 0 aliphatic heterocycles. The van der Waals surface area contributed by atoms with Crippen LogP contribution < -0.4 is 4.74 Å². The monoisotopic (exact) mass is 202 g/mol. The summed E-state index contributed by atoms with van der Waals surface area (Å²) in [5.41, 5.74) is 2.11. The SMILES string of the molecule is COc1cccc(-c2cc(C=O)[nH]n2)c1.